The first-order valence-electron chi connectivity index (χ1n) is 5.90. The number of amides is 1. The summed E-state index contributed by atoms with van der Waals surface area (Å²) >= 11 is 0. The van der Waals surface area contributed by atoms with Gasteiger partial charge in [0.15, 0.2) is 0 Å². The van der Waals surface area contributed by atoms with Gasteiger partial charge in [-0.25, -0.2) is 0 Å². The molecule has 4 nitrogen and oxygen atoms in total. The van der Waals surface area contributed by atoms with Crippen molar-refractivity contribution in [3.8, 4) is 0 Å². The molecule has 0 fully saturated rings. The zero-order valence-corrected chi connectivity index (χ0v) is 11.2. The molecule has 0 bridgehead atoms. The molecule has 0 aromatic rings. The number of rotatable bonds is 6. The van der Waals surface area contributed by atoms with Crippen molar-refractivity contribution in [3.05, 3.63) is 0 Å². The van der Waals surface area contributed by atoms with Gasteiger partial charge >= 0.3 is 0 Å². The van der Waals surface area contributed by atoms with Gasteiger partial charge in [0.2, 0.25) is 5.91 Å². The minimum Gasteiger partial charge on any atom is -0.389 e. The number of carbonyl (C=O) groups excluding carboxylic acids is 1. The van der Waals surface area contributed by atoms with Crippen molar-refractivity contribution in [1.29, 1.82) is 0 Å². The molecule has 0 aliphatic rings. The van der Waals surface area contributed by atoms with Crippen molar-refractivity contribution in [2.75, 3.05) is 13.1 Å². The first-order chi connectivity index (χ1) is 7.16. The molecule has 1 amide bonds. The third-order valence-electron chi connectivity index (χ3n) is 2.31. The molecule has 0 saturated carbocycles. The maximum absolute atomic E-state index is 11.4. The summed E-state index contributed by atoms with van der Waals surface area (Å²) in [5.41, 5.74) is -0.855. The summed E-state index contributed by atoms with van der Waals surface area (Å²) in [6, 6.07) is 0. The van der Waals surface area contributed by atoms with E-state index >= 15 is 0 Å². The summed E-state index contributed by atoms with van der Waals surface area (Å²) < 4.78 is 0. The van der Waals surface area contributed by atoms with Crippen LogP contribution in [0.1, 0.15) is 47.5 Å². The molecule has 16 heavy (non-hydrogen) atoms. The fourth-order valence-corrected chi connectivity index (χ4v) is 1.17. The highest BCUT2D eigenvalue weighted by atomic mass is 16.3. The molecular formula is C12H26N2O2. The van der Waals surface area contributed by atoms with Crippen LogP contribution in [0.25, 0.3) is 0 Å². The second-order valence-electron chi connectivity index (χ2n) is 5.58. The van der Waals surface area contributed by atoms with E-state index in [2.05, 4.69) is 10.6 Å². The zero-order valence-electron chi connectivity index (χ0n) is 11.2. The van der Waals surface area contributed by atoms with E-state index in [0.717, 1.165) is 0 Å². The molecule has 0 spiro atoms. The Labute approximate surface area is 98.8 Å². The van der Waals surface area contributed by atoms with Gasteiger partial charge in [-0.05, 0) is 34.1 Å². The molecule has 0 aromatic carbocycles. The Bertz CT molecular complexity index is 220. The Kier molecular flexibility index (Phi) is 5.97. The molecule has 1 atom stereocenters. The molecule has 0 radical (unpaired) electrons. The lowest BCUT2D eigenvalue weighted by Gasteiger charge is -2.23. The van der Waals surface area contributed by atoms with E-state index in [9.17, 15) is 9.90 Å². The summed E-state index contributed by atoms with van der Waals surface area (Å²) in [5, 5.41) is 15.7. The molecule has 0 aliphatic carbocycles. The lowest BCUT2D eigenvalue weighted by atomic mass is 10.0. The molecule has 0 heterocycles. The predicted molar refractivity (Wildman–Crippen MR) is 66.3 cm³/mol. The highest BCUT2D eigenvalue weighted by Crippen LogP contribution is 2.05. The minimum atomic E-state index is -0.680. The maximum Gasteiger partial charge on any atom is 0.221 e. The van der Waals surface area contributed by atoms with Gasteiger partial charge in [0.1, 0.15) is 0 Å². The average Bonchev–Trinajstić information content (AvgIpc) is 2.10. The SMILES string of the molecule is CCC(C)(O)CNCCC(=O)NC(C)(C)C. The van der Waals surface area contributed by atoms with E-state index in [1.165, 1.54) is 0 Å². The number of nitrogens with one attached hydrogen (secondary N) is 2. The second-order valence-corrected chi connectivity index (χ2v) is 5.58. The Hall–Kier alpha value is -0.610. The summed E-state index contributed by atoms with van der Waals surface area (Å²) in [5.74, 6) is 0.0381. The number of hydrogen-bond acceptors (Lipinski definition) is 3. The van der Waals surface area contributed by atoms with Crippen molar-refractivity contribution in [2.45, 2.75) is 58.6 Å². The lowest BCUT2D eigenvalue weighted by molar-refractivity contribution is -0.122. The first kappa shape index (κ1) is 15.4. The summed E-state index contributed by atoms with van der Waals surface area (Å²) in [6.07, 6.45) is 1.14. The van der Waals surface area contributed by atoms with Gasteiger partial charge in [0.05, 0.1) is 5.60 Å². The van der Waals surface area contributed by atoms with Crippen molar-refractivity contribution in [1.82, 2.24) is 10.6 Å². The van der Waals surface area contributed by atoms with Crippen LogP contribution < -0.4 is 10.6 Å². The van der Waals surface area contributed by atoms with Crippen LogP contribution >= 0.6 is 0 Å². The monoisotopic (exact) mass is 230 g/mol. The summed E-state index contributed by atoms with van der Waals surface area (Å²) in [6.45, 7) is 10.7. The largest absolute Gasteiger partial charge is 0.389 e. The normalized spacial score (nSPS) is 15.6. The van der Waals surface area contributed by atoms with E-state index in [1.54, 1.807) is 6.92 Å². The van der Waals surface area contributed by atoms with Gasteiger partial charge in [-0.1, -0.05) is 6.92 Å². The predicted octanol–water partition coefficient (Wildman–Crippen LogP) is 1.04. The topological polar surface area (TPSA) is 61.4 Å². The molecule has 4 heteroatoms. The molecule has 0 aliphatic heterocycles. The molecule has 96 valence electrons. The lowest BCUT2D eigenvalue weighted by Crippen LogP contribution is -2.43. The Balaban J connectivity index is 3.64. The van der Waals surface area contributed by atoms with Crippen molar-refractivity contribution in [2.24, 2.45) is 0 Å². The zero-order chi connectivity index (χ0) is 12.8. The first-order valence-corrected chi connectivity index (χ1v) is 5.90. The Morgan fingerprint density at radius 1 is 1.25 bits per heavy atom. The van der Waals surface area contributed by atoms with Crippen LogP contribution in [0.4, 0.5) is 0 Å². The molecule has 1 unspecified atom stereocenters. The molecule has 0 saturated heterocycles. The van der Waals surface area contributed by atoms with Crippen LogP contribution in [0.5, 0.6) is 0 Å². The maximum atomic E-state index is 11.4. The molecule has 0 rings (SSSR count). The van der Waals surface area contributed by atoms with E-state index < -0.39 is 5.60 Å². The number of aliphatic hydroxyl groups is 1. The van der Waals surface area contributed by atoms with Crippen molar-refractivity contribution in [3.63, 3.8) is 0 Å². The summed E-state index contributed by atoms with van der Waals surface area (Å²) in [7, 11) is 0. The van der Waals surface area contributed by atoms with Crippen LogP contribution in [0.3, 0.4) is 0 Å². The van der Waals surface area contributed by atoms with Crippen molar-refractivity contribution >= 4 is 5.91 Å². The van der Waals surface area contributed by atoms with Crippen molar-refractivity contribution < 1.29 is 9.90 Å². The van der Waals surface area contributed by atoms with Gasteiger partial charge < -0.3 is 15.7 Å². The second kappa shape index (κ2) is 6.21. The fourth-order valence-electron chi connectivity index (χ4n) is 1.17. The van der Waals surface area contributed by atoms with Crippen LogP contribution in [0, 0.1) is 0 Å². The van der Waals surface area contributed by atoms with Crippen LogP contribution in [0.2, 0.25) is 0 Å². The number of carbonyl (C=O) groups is 1. The standard InChI is InChI=1S/C12H26N2O2/c1-6-12(5,16)9-13-8-7-10(15)14-11(2,3)4/h13,16H,6-9H2,1-5H3,(H,14,15). The summed E-state index contributed by atoms with van der Waals surface area (Å²) in [4.78, 5) is 11.4. The van der Waals surface area contributed by atoms with E-state index in [0.29, 0.717) is 25.9 Å². The third kappa shape index (κ3) is 8.68. The van der Waals surface area contributed by atoms with Crippen LogP contribution in [0.15, 0.2) is 0 Å². The highest BCUT2D eigenvalue weighted by molar-refractivity contribution is 5.76. The minimum absolute atomic E-state index is 0.0381. The Morgan fingerprint density at radius 2 is 1.81 bits per heavy atom. The van der Waals surface area contributed by atoms with Crippen LogP contribution in [-0.2, 0) is 4.79 Å². The smallest absolute Gasteiger partial charge is 0.221 e. The molecule has 3 N–H and O–H groups in total. The highest BCUT2D eigenvalue weighted by Gasteiger charge is 2.17. The van der Waals surface area contributed by atoms with Gasteiger partial charge in [-0.15, -0.1) is 0 Å². The van der Waals surface area contributed by atoms with Crippen LogP contribution in [-0.4, -0.2) is 35.2 Å². The van der Waals surface area contributed by atoms with Gasteiger partial charge in [-0.3, -0.25) is 4.79 Å². The van der Waals surface area contributed by atoms with E-state index in [-0.39, 0.29) is 11.4 Å². The Morgan fingerprint density at radius 3 is 2.25 bits per heavy atom. The van der Waals surface area contributed by atoms with Gasteiger partial charge in [0.25, 0.3) is 0 Å². The fraction of sp³-hybridized carbons (Fsp3) is 0.917. The van der Waals surface area contributed by atoms with E-state index in [4.69, 9.17) is 0 Å². The molecular weight excluding hydrogens is 204 g/mol. The molecule has 0 aromatic heterocycles. The van der Waals surface area contributed by atoms with Gasteiger partial charge in [0, 0.05) is 25.0 Å². The third-order valence-corrected chi connectivity index (χ3v) is 2.31. The number of hydrogen-bond donors (Lipinski definition) is 3. The van der Waals surface area contributed by atoms with Gasteiger partial charge in [-0.2, -0.15) is 0 Å². The average molecular weight is 230 g/mol. The quantitative estimate of drug-likeness (QED) is 0.598. The van der Waals surface area contributed by atoms with E-state index in [1.807, 2.05) is 27.7 Å².